The highest BCUT2D eigenvalue weighted by atomic mass is 15.2. The summed E-state index contributed by atoms with van der Waals surface area (Å²) >= 11 is 0. The first-order valence-corrected chi connectivity index (χ1v) is 3.28. The Balaban J connectivity index is 2.41. The maximum atomic E-state index is 5.24. The van der Waals surface area contributed by atoms with Crippen LogP contribution in [-0.2, 0) is 0 Å². The molecule has 0 spiro atoms. The molecule has 0 radical (unpaired) electrons. The Bertz CT molecular complexity index is 125. The van der Waals surface area contributed by atoms with Crippen LogP contribution in [0.25, 0.3) is 0 Å². The summed E-state index contributed by atoms with van der Waals surface area (Å²) in [4.78, 5) is 2.02. The molecule has 0 aromatic heterocycles. The molecule has 1 saturated heterocycles. The average Bonchev–Trinajstić information content (AvgIpc) is 1.89. The molecule has 9 heavy (non-hydrogen) atoms. The largest absolute Gasteiger partial charge is 0.328 e. The van der Waals surface area contributed by atoms with Crippen LogP contribution in [0.5, 0.6) is 0 Å². The molecule has 1 rings (SSSR count). The maximum Gasteiger partial charge on any atom is 0.0468 e. The van der Waals surface area contributed by atoms with E-state index in [1.807, 2.05) is 4.90 Å². The number of hydrogen-bond donors (Lipinski definition) is 1. The molecule has 0 aliphatic carbocycles. The summed E-state index contributed by atoms with van der Waals surface area (Å²) < 4.78 is 0. The van der Waals surface area contributed by atoms with E-state index in [0.717, 1.165) is 19.6 Å². The number of nitrogens with zero attached hydrogens (tertiary/aromatic N) is 1. The Morgan fingerprint density at radius 3 is 3.00 bits per heavy atom. The van der Waals surface area contributed by atoms with Crippen molar-refractivity contribution in [2.24, 2.45) is 0 Å². The van der Waals surface area contributed by atoms with Gasteiger partial charge in [-0.2, -0.15) is 0 Å². The highest BCUT2D eigenvalue weighted by Gasteiger charge is 2.13. The van der Waals surface area contributed by atoms with Crippen molar-refractivity contribution in [2.75, 3.05) is 19.6 Å². The molecule has 1 aliphatic heterocycles. The van der Waals surface area contributed by atoms with Gasteiger partial charge in [0.2, 0.25) is 0 Å². The van der Waals surface area contributed by atoms with E-state index in [1.165, 1.54) is 0 Å². The van der Waals surface area contributed by atoms with Crippen LogP contribution in [0.4, 0.5) is 0 Å². The highest BCUT2D eigenvalue weighted by molar-refractivity contribution is 4.91. The van der Waals surface area contributed by atoms with Crippen molar-refractivity contribution in [3.05, 3.63) is 0 Å². The van der Waals surface area contributed by atoms with Gasteiger partial charge in [0.05, 0.1) is 0 Å². The lowest BCUT2D eigenvalue weighted by Gasteiger charge is -2.30. The van der Waals surface area contributed by atoms with Crippen LogP contribution in [0.1, 0.15) is 6.92 Å². The van der Waals surface area contributed by atoms with E-state index in [2.05, 4.69) is 18.3 Å². The first kappa shape index (κ1) is 6.44. The third-order valence-electron chi connectivity index (χ3n) is 1.67. The smallest absolute Gasteiger partial charge is 0.0468 e. The molecular formula is C7H12N2. The molecule has 0 aromatic carbocycles. The lowest BCUT2D eigenvalue weighted by molar-refractivity contribution is 0.260. The lowest BCUT2D eigenvalue weighted by Crippen LogP contribution is -2.47. The zero-order chi connectivity index (χ0) is 6.69. The monoisotopic (exact) mass is 124 g/mol. The molecule has 2 heteroatoms. The molecule has 0 saturated carbocycles. The fraction of sp³-hybridized carbons (Fsp3) is 0.714. The van der Waals surface area contributed by atoms with Gasteiger partial charge in [-0.3, -0.25) is 0 Å². The van der Waals surface area contributed by atoms with Crippen LogP contribution >= 0.6 is 0 Å². The molecule has 0 amide bonds. The molecule has 1 atom stereocenters. The first-order valence-electron chi connectivity index (χ1n) is 3.28. The van der Waals surface area contributed by atoms with E-state index in [1.54, 1.807) is 0 Å². The predicted molar refractivity (Wildman–Crippen MR) is 37.9 cm³/mol. The Kier molecular flexibility index (Phi) is 1.96. The summed E-state index contributed by atoms with van der Waals surface area (Å²) in [5.74, 6) is 0. The Labute approximate surface area is 56.2 Å². The van der Waals surface area contributed by atoms with Gasteiger partial charge in [0, 0.05) is 31.7 Å². The fourth-order valence-electron chi connectivity index (χ4n) is 1.03. The number of piperazine rings is 1. The van der Waals surface area contributed by atoms with E-state index >= 15 is 0 Å². The average molecular weight is 124 g/mol. The van der Waals surface area contributed by atoms with Crippen molar-refractivity contribution in [3.63, 3.8) is 0 Å². The standard InChI is InChI=1S/C7H12N2/c1-3-9-5-4-8-6-7(9)2/h1,7-8H,4-6H2,2H3. The van der Waals surface area contributed by atoms with Gasteiger partial charge >= 0.3 is 0 Å². The Morgan fingerprint density at radius 2 is 2.56 bits per heavy atom. The normalized spacial score (nSPS) is 27.6. The van der Waals surface area contributed by atoms with Gasteiger partial charge in [-0.25, -0.2) is 0 Å². The lowest BCUT2D eigenvalue weighted by atomic mass is 10.2. The van der Waals surface area contributed by atoms with Crippen LogP contribution in [0.15, 0.2) is 0 Å². The van der Waals surface area contributed by atoms with Crippen molar-refractivity contribution in [1.82, 2.24) is 10.2 Å². The SMILES string of the molecule is C#CN1CCNCC1C. The number of rotatable bonds is 0. The second-order valence-corrected chi connectivity index (χ2v) is 2.38. The van der Waals surface area contributed by atoms with Gasteiger partial charge in [0.25, 0.3) is 0 Å². The van der Waals surface area contributed by atoms with E-state index in [9.17, 15) is 0 Å². The molecule has 1 N–H and O–H groups in total. The van der Waals surface area contributed by atoms with Crippen molar-refractivity contribution >= 4 is 0 Å². The quantitative estimate of drug-likeness (QED) is 0.453. The van der Waals surface area contributed by atoms with Crippen LogP contribution in [-0.4, -0.2) is 30.6 Å². The maximum absolute atomic E-state index is 5.24. The zero-order valence-corrected chi connectivity index (χ0v) is 5.72. The van der Waals surface area contributed by atoms with Crippen LogP contribution in [0, 0.1) is 12.5 Å². The summed E-state index contributed by atoms with van der Waals surface area (Å²) in [7, 11) is 0. The zero-order valence-electron chi connectivity index (χ0n) is 5.72. The van der Waals surface area contributed by atoms with E-state index < -0.39 is 0 Å². The second kappa shape index (κ2) is 2.75. The number of hydrogen-bond acceptors (Lipinski definition) is 2. The minimum Gasteiger partial charge on any atom is -0.328 e. The van der Waals surface area contributed by atoms with Gasteiger partial charge < -0.3 is 10.2 Å². The number of nitrogens with one attached hydrogen (secondary N) is 1. The van der Waals surface area contributed by atoms with E-state index in [-0.39, 0.29) is 0 Å². The van der Waals surface area contributed by atoms with Gasteiger partial charge in [-0.05, 0) is 6.92 Å². The summed E-state index contributed by atoms with van der Waals surface area (Å²) in [6.07, 6.45) is 5.24. The summed E-state index contributed by atoms with van der Waals surface area (Å²) in [6.45, 7) is 5.16. The molecule has 1 aliphatic rings. The topological polar surface area (TPSA) is 15.3 Å². The first-order chi connectivity index (χ1) is 4.34. The minimum absolute atomic E-state index is 0.503. The highest BCUT2D eigenvalue weighted by Crippen LogP contribution is 1.98. The predicted octanol–water partition coefficient (Wildman–Crippen LogP) is -0.129. The molecule has 2 nitrogen and oxygen atoms in total. The fourth-order valence-corrected chi connectivity index (χ4v) is 1.03. The van der Waals surface area contributed by atoms with Crippen molar-refractivity contribution in [1.29, 1.82) is 0 Å². The van der Waals surface area contributed by atoms with Crippen LogP contribution in [0.3, 0.4) is 0 Å². The second-order valence-electron chi connectivity index (χ2n) is 2.38. The van der Waals surface area contributed by atoms with E-state index in [4.69, 9.17) is 6.42 Å². The summed E-state index contributed by atoms with van der Waals surface area (Å²) in [5, 5.41) is 3.26. The molecular weight excluding hydrogens is 112 g/mol. The van der Waals surface area contributed by atoms with Crippen LogP contribution < -0.4 is 5.32 Å². The third-order valence-corrected chi connectivity index (χ3v) is 1.67. The molecule has 1 heterocycles. The minimum atomic E-state index is 0.503. The van der Waals surface area contributed by atoms with E-state index in [0.29, 0.717) is 6.04 Å². The molecule has 0 aromatic rings. The Morgan fingerprint density at radius 1 is 1.78 bits per heavy atom. The van der Waals surface area contributed by atoms with Gasteiger partial charge in [-0.15, -0.1) is 0 Å². The van der Waals surface area contributed by atoms with Gasteiger partial charge in [0.15, 0.2) is 0 Å². The number of terminal acetylenes is 1. The summed E-state index contributed by atoms with van der Waals surface area (Å²) in [5.41, 5.74) is 0. The Hall–Kier alpha value is -0.680. The molecule has 0 bridgehead atoms. The summed E-state index contributed by atoms with van der Waals surface area (Å²) in [6, 6.07) is 3.15. The molecule has 50 valence electrons. The van der Waals surface area contributed by atoms with Gasteiger partial charge in [0.1, 0.15) is 0 Å². The molecule has 1 unspecified atom stereocenters. The third kappa shape index (κ3) is 1.36. The van der Waals surface area contributed by atoms with Crippen molar-refractivity contribution < 1.29 is 0 Å². The van der Waals surface area contributed by atoms with Gasteiger partial charge in [-0.1, -0.05) is 6.42 Å². The molecule has 1 fully saturated rings. The van der Waals surface area contributed by atoms with Crippen molar-refractivity contribution in [3.8, 4) is 12.5 Å². The van der Waals surface area contributed by atoms with Crippen molar-refractivity contribution in [2.45, 2.75) is 13.0 Å². The van der Waals surface area contributed by atoms with Crippen LogP contribution in [0.2, 0.25) is 0 Å².